The molecule has 2 N–H and O–H groups in total. The van der Waals surface area contributed by atoms with Gasteiger partial charge in [-0.05, 0) is 59.5 Å². The first-order valence-corrected chi connectivity index (χ1v) is 16.6. The highest BCUT2D eigenvalue weighted by Crippen LogP contribution is 2.34. The number of aromatic nitrogens is 5. The lowest BCUT2D eigenvalue weighted by Gasteiger charge is -2.21. The smallest absolute Gasteiger partial charge is 0.412 e. The Morgan fingerprint density at radius 1 is 1.14 bits per heavy atom. The van der Waals surface area contributed by atoms with E-state index in [9.17, 15) is 9.90 Å². The molecule has 3 aromatic rings. The van der Waals surface area contributed by atoms with Crippen molar-refractivity contribution in [3.8, 4) is 34.0 Å². The Hall–Kier alpha value is -3.31. The molecule has 2 heterocycles. The van der Waals surface area contributed by atoms with E-state index in [-0.39, 0.29) is 12.5 Å². The van der Waals surface area contributed by atoms with Gasteiger partial charge in [0.05, 0.1) is 0 Å². The predicted octanol–water partition coefficient (Wildman–Crippen LogP) is 5.09. The lowest BCUT2D eigenvalue weighted by molar-refractivity contribution is 0.0784. The van der Waals surface area contributed by atoms with E-state index in [1.54, 1.807) is 29.2 Å². The van der Waals surface area contributed by atoms with Crippen LogP contribution in [0.15, 0.2) is 36.7 Å². The molecule has 1 saturated carbocycles. The number of ether oxygens (including phenoxy) is 2. The quantitative estimate of drug-likeness (QED) is 0.278. The zero-order chi connectivity index (χ0) is 26.3. The molecule has 2 aromatic heterocycles. The van der Waals surface area contributed by atoms with Crippen molar-refractivity contribution in [2.75, 3.05) is 13.2 Å². The first-order chi connectivity index (χ1) is 17.8. The van der Waals surface area contributed by atoms with Crippen molar-refractivity contribution >= 4 is 14.2 Å². The van der Waals surface area contributed by atoms with Gasteiger partial charge >= 0.3 is 6.09 Å². The summed E-state index contributed by atoms with van der Waals surface area (Å²) in [7, 11) is -1.19. The van der Waals surface area contributed by atoms with Crippen LogP contribution in [0.3, 0.4) is 0 Å². The normalized spacial score (nSPS) is 14.5. The molecule has 1 fully saturated rings. The number of phenols is 1. The van der Waals surface area contributed by atoms with Crippen molar-refractivity contribution in [2.24, 2.45) is 5.92 Å². The first-order valence-electron chi connectivity index (χ1n) is 12.9. The third kappa shape index (κ3) is 7.83. The summed E-state index contributed by atoms with van der Waals surface area (Å²) in [4.78, 5) is 16.7. The monoisotopic (exact) mass is 524 g/mol. The van der Waals surface area contributed by atoms with Crippen molar-refractivity contribution in [1.29, 1.82) is 0 Å². The SMILES string of the molecule is C[Si](C)(C)CCOCn1nnnc1-c1cncc(-c2cc(OC(=O)NCC3CCCCC3)ccc2O)c1. The van der Waals surface area contributed by atoms with Crippen LogP contribution < -0.4 is 10.1 Å². The number of carbonyl (C=O) groups excluding carboxylic acids is 1. The Kier molecular flexibility index (Phi) is 8.88. The molecule has 4 rings (SSSR count). The molecular weight excluding hydrogens is 488 g/mol. The lowest BCUT2D eigenvalue weighted by atomic mass is 9.89. The standard InChI is InChI=1S/C26H36N6O4Si/c1-37(2,3)12-11-35-18-32-25(29-30-31-32)21-13-20(16-27-17-21)23-14-22(9-10-24(23)33)36-26(34)28-15-19-7-5-4-6-8-19/h9-10,13-14,16-17,19,33H,4-8,11-12,15,18H2,1-3H3,(H,28,34). The third-order valence-corrected chi connectivity index (χ3v) is 8.19. The molecule has 10 nitrogen and oxygen atoms in total. The minimum atomic E-state index is -1.19. The topological polar surface area (TPSA) is 124 Å². The minimum absolute atomic E-state index is 0.0446. The van der Waals surface area contributed by atoms with Crippen LogP contribution in [0.5, 0.6) is 11.5 Å². The van der Waals surface area contributed by atoms with Gasteiger partial charge < -0.3 is 19.9 Å². The molecule has 1 aromatic carbocycles. The Bertz CT molecular complexity index is 1190. The van der Waals surface area contributed by atoms with Crippen molar-refractivity contribution in [1.82, 2.24) is 30.5 Å². The highest BCUT2D eigenvalue weighted by molar-refractivity contribution is 6.76. The van der Waals surface area contributed by atoms with Crippen molar-refractivity contribution in [3.63, 3.8) is 0 Å². The summed E-state index contributed by atoms with van der Waals surface area (Å²) in [6, 6.07) is 7.58. The van der Waals surface area contributed by atoms with Gasteiger partial charge in [-0.25, -0.2) is 4.79 Å². The molecule has 0 saturated heterocycles. The fraction of sp³-hybridized carbons (Fsp3) is 0.500. The predicted molar refractivity (Wildman–Crippen MR) is 143 cm³/mol. The Morgan fingerprint density at radius 2 is 1.92 bits per heavy atom. The number of aromatic hydroxyl groups is 1. The molecule has 1 aliphatic carbocycles. The zero-order valence-electron chi connectivity index (χ0n) is 21.8. The van der Waals surface area contributed by atoms with E-state index in [1.165, 1.54) is 25.3 Å². The van der Waals surface area contributed by atoms with Gasteiger partial charge in [-0.3, -0.25) is 4.98 Å². The van der Waals surface area contributed by atoms with Gasteiger partial charge in [0.15, 0.2) is 5.82 Å². The Morgan fingerprint density at radius 3 is 2.70 bits per heavy atom. The van der Waals surface area contributed by atoms with Gasteiger partial charge in [0, 0.05) is 50.3 Å². The van der Waals surface area contributed by atoms with Crippen molar-refractivity contribution in [3.05, 3.63) is 36.7 Å². The van der Waals surface area contributed by atoms with Crippen LogP contribution in [0.1, 0.15) is 32.1 Å². The van der Waals surface area contributed by atoms with Crippen LogP contribution in [0, 0.1) is 5.92 Å². The van der Waals surface area contributed by atoms with Crippen molar-refractivity contribution in [2.45, 2.75) is 64.5 Å². The maximum absolute atomic E-state index is 12.4. The van der Waals surface area contributed by atoms with E-state index in [4.69, 9.17) is 9.47 Å². The summed E-state index contributed by atoms with van der Waals surface area (Å²) in [5, 5.41) is 25.4. The number of tetrazole rings is 1. The summed E-state index contributed by atoms with van der Waals surface area (Å²) in [6.45, 7) is 8.41. The molecule has 0 bridgehead atoms. The van der Waals surface area contributed by atoms with E-state index >= 15 is 0 Å². The fourth-order valence-electron chi connectivity index (χ4n) is 4.31. The van der Waals surface area contributed by atoms with E-state index in [2.05, 4.69) is 45.5 Å². The third-order valence-electron chi connectivity index (χ3n) is 6.49. The van der Waals surface area contributed by atoms with Gasteiger partial charge in [0.25, 0.3) is 0 Å². The number of benzene rings is 1. The Labute approximate surface area is 218 Å². The molecule has 11 heteroatoms. The second-order valence-electron chi connectivity index (χ2n) is 10.8. The Balaban J connectivity index is 1.43. The molecule has 0 aliphatic heterocycles. The fourth-order valence-corrected chi connectivity index (χ4v) is 5.07. The summed E-state index contributed by atoms with van der Waals surface area (Å²) in [5.41, 5.74) is 1.79. The van der Waals surface area contributed by atoms with Crippen molar-refractivity contribution < 1.29 is 19.4 Å². The molecule has 37 heavy (non-hydrogen) atoms. The average Bonchev–Trinajstić information content (AvgIpc) is 3.35. The molecule has 0 radical (unpaired) electrons. The van der Waals surface area contributed by atoms with E-state index < -0.39 is 14.2 Å². The van der Waals surface area contributed by atoms with Gasteiger partial charge in [-0.1, -0.05) is 38.9 Å². The number of nitrogens with one attached hydrogen (secondary N) is 1. The van der Waals surface area contributed by atoms with Crippen LogP contribution in [0.2, 0.25) is 25.7 Å². The van der Waals surface area contributed by atoms with Gasteiger partial charge in [0.1, 0.15) is 18.2 Å². The largest absolute Gasteiger partial charge is 0.507 e. The average molecular weight is 525 g/mol. The second kappa shape index (κ2) is 12.3. The van der Waals surface area contributed by atoms with E-state index in [0.717, 1.165) is 18.9 Å². The maximum atomic E-state index is 12.4. The number of hydrogen-bond acceptors (Lipinski definition) is 8. The molecule has 1 aliphatic rings. The number of hydrogen-bond donors (Lipinski definition) is 2. The van der Waals surface area contributed by atoms with E-state index in [0.29, 0.717) is 47.3 Å². The molecule has 0 spiro atoms. The summed E-state index contributed by atoms with van der Waals surface area (Å²) in [6.07, 6.45) is 8.77. The van der Waals surface area contributed by atoms with Gasteiger partial charge in [0.2, 0.25) is 0 Å². The number of rotatable bonds is 10. The number of phenolic OH excluding ortho intramolecular Hbond substituents is 1. The minimum Gasteiger partial charge on any atom is -0.507 e. The maximum Gasteiger partial charge on any atom is 0.412 e. The van der Waals surface area contributed by atoms with Crippen LogP contribution in [-0.2, 0) is 11.5 Å². The summed E-state index contributed by atoms with van der Waals surface area (Å²) >= 11 is 0. The number of amides is 1. The van der Waals surface area contributed by atoms with Crippen LogP contribution in [0.4, 0.5) is 4.79 Å². The molecular formula is C26H36N6O4Si. The van der Waals surface area contributed by atoms with Gasteiger partial charge in [-0.15, -0.1) is 5.10 Å². The number of carbonyl (C=O) groups is 1. The zero-order valence-corrected chi connectivity index (χ0v) is 22.8. The molecule has 0 unspecified atom stereocenters. The summed E-state index contributed by atoms with van der Waals surface area (Å²) in [5.74, 6) is 1.40. The van der Waals surface area contributed by atoms with E-state index in [1.807, 2.05) is 6.07 Å². The summed E-state index contributed by atoms with van der Waals surface area (Å²) < 4.78 is 12.9. The van der Waals surface area contributed by atoms with Crippen LogP contribution in [-0.4, -0.2) is 57.6 Å². The van der Waals surface area contributed by atoms with Gasteiger partial charge in [-0.2, -0.15) is 4.68 Å². The van der Waals surface area contributed by atoms with Crippen LogP contribution in [0.25, 0.3) is 22.5 Å². The lowest BCUT2D eigenvalue weighted by Crippen LogP contribution is -2.32. The highest BCUT2D eigenvalue weighted by Gasteiger charge is 2.17. The highest BCUT2D eigenvalue weighted by atomic mass is 28.3. The molecule has 198 valence electrons. The first kappa shape index (κ1) is 26.7. The second-order valence-corrected chi connectivity index (χ2v) is 16.4. The van der Waals surface area contributed by atoms with Crippen LogP contribution >= 0.6 is 0 Å². The number of nitrogens with zero attached hydrogens (tertiary/aromatic N) is 5. The number of pyridine rings is 1. The molecule has 1 amide bonds. The molecule has 0 atom stereocenters.